The molecule has 2 heteroatoms. The number of halogens is 1. The number of allylic oxidation sites excluding steroid dienone is 1. The van der Waals surface area contributed by atoms with E-state index in [4.69, 9.17) is 11.6 Å². The van der Waals surface area contributed by atoms with E-state index >= 15 is 0 Å². The van der Waals surface area contributed by atoms with Crippen molar-refractivity contribution < 1.29 is 0 Å². The Kier molecular flexibility index (Phi) is 2.70. The Morgan fingerprint density at radius 1 is 1.04 bits per heavy atom. The molecule has 0 aliphatic heterocycles. The van der Waals surface area contributed by atoms with Gasteiger partial charge in [-0.15, -0.1) is 11.3 Å². The Balaban J connectivity index is 1.83. The smallest absolute Gasteiger partial charge is 0.0409 e. The molecule has 5 rings (SSSR count). The van der Waals surface area contributed by atoms with Crippen LogP contribution in [-0.4, -0.2) is 0 Å². The van der Waals surface area contributed by atoms with Crippen LogP contribution in [0.4, 0.5) is 0 Å². The van der Waals surface area contributed by atoms with Gasteiger partial charge in [-0.1, -0.05) is 49.7 Å². The van der Waals surface area contributed by atoms with E-state index in [1.165, 1.54) is 42.8 Å². The van der Waals surface area contributed by atoms with Gasteiger partial charge in [0.15, 0.2) is 0 Å². The van der Waals surface area contributed by atoms with E-state index in [2.05, 4.69) is 50.3 Å². The van der Waals surface area contributed by atoms with Crippen molar-refractivity contribution in [2.75, 3.05) is 0 Å². The van der Waals surface area contributed by atoms with Crippen LogP contribution in [0.3, 0.4) is 0 Å². The highest BCUT2D eigenvalue weighted by Gasteiger charge is 2.34. The van der Waals surface area contributed by atoms with Crippen LogP contribution >= 0.6 is 22.9 Å². The molecule has 2 aliphatic rings. The number of benzene rings is 2. The Bertz CT molecular complexity index is 1000. The molecule has 0 radical (unpaired) electrons. The zero-order chi connectivity index (χ0) is 15.8. The van der Waals surface area contributed by atoms with Crippen LogP contribution in [0.5, 0.6) is 0 Å². The molecule has 0 fully saturated rings. The number of thiophene rings is 1. The van der Waals surface area contributed by atoms with E-state index in [1.54, 1.807) is 0 Å². The first-order chi connectivity index (χ1) is 11.1. The first-order valence-corrected chi connectivity index (χ1v) is 9.28. The predicted molar refractivity (Wildman–Crippen MR) is 101 cm³/mol. The monoisotopic (exact) mass is 336 g/mol. The van der Waals surface area contributed by atoms with Crippen molar-refractivity contribution in [2.45, 2.75) is 32.1 Å². The van der Waals surface area contributed by atoms with Crippen LogP contribution in [0, 0.1) is 0 Å². The van der Waals surface area contributed by atoms with E-state index in [0.717, 1.165) is 17.9 Å². The van der Waals surface area contributed by atoms with Crippen molar-refractivity contribution in [3.8, 4) is 0 Å². The van der Waals surface area contributed by atoms with Gasteiger partial charge in [0, 0.05) is 20.0 Å². The summed E-state index contributed by atoms with van der Waals surface area (Å²) in [4.78, 5) is 1.45. The van der Waals surface area contributed by atoms with E-state index in [1.807, 2.05) is 17.4 Å². The summed E-state index contributed by atoms with van der Waals surface area (Å²) in [6.45, 7) is 4.68. The second-order valence-corrected chi connectivity index (χ2v) is 8.61. The zero-order valence-electron chi connectivity index (χ0n) is 13.2. The van der Waals surface area contributed by atoms with E-state index in [0.29, 0.717) is 0 Å². The van der Waals surface area contributed by atoms with Crippen LogP contribution in [-0.2, 0) is 18.3 Å². The van der Waals surface area contributed by atoms with Crippen molar-refractivity contribution in [2.24, 2.45) is 0 Å². The largest absolute Gasteiger partial charge is 0.135 e. The van der Waals surface area contributed by atoms with Crippen LogP contribution in [0.15, 0.2) is 36.4 Å². The fourth-order valence-electron chi connectivity index (χ4n) is 4.33. The molecule has 0 saturated carbocycles. The summed E-state index contributed by atoms with van der Waals surface area (Å²) in [7, 11) is 0. The highest BCUT2D eigenvalue weighted by Crippen LogP contribution is 2.47. The maximum Gasteiger partial charge on any atom is 0.0409 e. The SMILES string of the molecule is CC1(C)c2ccc(Cl)cc2Cc2c1ccc1c3c(sc21)C=CC3. The molecule has 23 heavy (non-hydrogen) atoms. The van der Waals surface area contributed by atoms with Gasteiger partial charge < -0.3 is 0 Å². The Labute approximate surface area is 145 Å². The van der Waals surface area contributed by atoms with Crippen molar-refractivity contribution >= 4 is 39.1 Å². The first-order valence-electron chi connectivity index (χ1n) is 8.09. The second kappa shape index (κ2) is 4.49. The Morgan fingerprint density at radius 3 is 2.74 bits per heavy atom. The molecule has 0 nitrogen and oxygen atoms in total. The summed E-state index contributed by atoms with van der Waals surface area (Å²) in [5, 5.41) is 2.29. The van der Waals surface area contributed by atoms with Crippen molar-refractivity contribution in [3.05, 3.63) is 74.1 Å². The molecule has 3 aromatic rings. The van der Waals surface area contributed by atoms with Crippen molar-refractivity contribution in [1.29, 1.82) is 0 Å². The lowest BCUT2D eigenvalue weighted by Gasteiger charge is -2.35. The van der Waals surface area contributed by atoms with Gasteiger partial charge in [0.05, 0.1) is 0 Å². The van der Waals surface area contributed by atoms with Crippen LogP contribution in [0.25, 0.3) is 16.2 Å². The fraction of sp³-hybridized carbons (Fsp3) is 0.238. The minimum absolute atomic E-state index is 0.0337. The van der Waals surface area contributed by atoms with Crippen molar-refractivity contribution in [1.82, 2.24) is 0 Å². The van der Waals surface area contributed by atoms with Gasteiger partial charge in [-0.2, -0.15) is 0 Å². The van der Waals surface area contributed by atoms with Gasteiger partial charge in [0.25, 0.3) is 0 Å². The molecule has 1 heterocycles. The van der Waals surface area contributed by atoms with Gasteiger partial charge in [-0.3, -0.25) is 0 Å². The highest BCUT2D eigenvalue weighted by molar-refractivity contribution is 7.20. The minimum atomic E-state index is 0.0337. The minimum Gasteiger partial charge on any atom is -0.135 e. The average molecular weight is 337 g/mol. The standard InChI is InChI=1S/C21H17ClS/c1-21(2)17-8-6-13(22)10-12(17)11-16-18(21)9-7-15-14-4-3-5-19(14)23-20(15)16/h3,5-10H,4,11H2,1-2H3. The fourth-order valence-corrected chi connectivity index (χ4v) is 5.83. The lowest BCUT2D eigenvalue weighted by molar-refractivity contribution is 0.613. The molecule has 0 amide bonds. The molecular formula is C21H17ClS. The van der Waals surface area contributed by atoms with Crippen LogP contribution in [0.1, 0.15) is 46.5 Å². The maximum absolute atomic E-state index is 6.27. The molecular weight excluding hydrogens is 320 g/mol. The molecule has 2 aromatic carbocycles. The molecule has 2 aliphatic carbocycles. The zero-order valence-corrected chi connectivity index (χ0v) is 14.8. The number of hydrogen-bond donors (Lipinski definition) is 0. The van der Waals surface area contributed by atoms with Gasteiger partial charge in [-0.25, -0.2) is 0 Å². The van der Waals surface area contributed by atoms with Crippen LogP contribution < -0.4 is 0 Å². The van der Waals surface area contributed by atoms with Crippen molar-refractivity contribution in [3.63, 3.8) is 0 Å². The summed E-state index contributed by atoms with van der Waals surface area (Å²) >= 11 is 8.23. The summed E-state index contributed by atoms with van der Waals surface area (Å²) in [6, 6.07) is 11.1. The molecule has 0 atom stereocenters. The number of hydrogen-bond acceptors (Lipinski definition) is 1. The van der Waals surface area contributed by atoms with E-state index in [9.17, 15) is 0 Å². The predicted octanol–water partition coefficient (Wildman–Crippen LogP) is 6.35. The lowest BCUT2D eigenvalue weighted by atomic mass is 9.69. The van der Waals surface area contributed by atoms with Gasteiger partial charge >= 0.3 is 0 Å². The first kappa shape index (κ1) is 13.8. The third-order valence-electron chi connectivity index (χ3n) is 5.47. The Morgan fingerprint density at radius 2 is 1.87 bits per heavy atom. The normalized spacial score (nSPS) is 17.2. The molecule has 0 saturated heterocycles. The summed E-state index contributed by atoms with van der Waals surface area (Å²) in [5.74, 6) is 0. The molecule has 1 aromatic heterocycles. The molecule has 114 valence electrons. The second-order valence-electron chi connectivity index (χ2n) is 7.12. The number of fused-ring (bicyclic) bond motifs is 6. The molecule has 0 bridgehead atoms. The van der Waals surface area contributed by atoms with E-state index < -0.39 is 0 Å². The third-order valence-corrected chi connectivity index (χ3v) is 6.98. The van der Waals surface area contributed by atoms with Gasteiger partial charge in [0.2, 0.25) is 0 Å². The summed E-state index contributed by atoms with van der Waals surface area (Å²) < 4.78 is 1.48. The summed E-state index contributed by atoms with van der Waals surface area (Å²) in [6.07, 6.45) is 6.64. The van der Waals surface area contributed by atoms with E-state index in [-0.39, 0.29) is 5.41 Å². The lowest BCUT2D eigenvalue weighted by Crippen LogP contribution is -2.27. The quantitative estimate of drug-likeness (QED) is 0.448. The molecule has 0 spiro atoms. The summed E-state index contributed by atoms with van der Waals surface area (Å²) in [5.41, 5.74) is 7.33. The van der Waals surface area contributed by atoms with Gasteiger partial charge in [-0.05, 0) is 64.3 Å². The number of rotatable bonds is 0. The topological polar surface area (TPSA) is 0 Å². The van der Waals surface area contributed by atoms with Gasteiger partial charge in [0.1, 0.15) is 0 Å². The maximum atomic E-state index is 6.27. The molecule has 0 unspecified atom stereocenters. The highest BCUT2D eigenvalue weighted by atomic mass is 35.5. The van der Waals surface area contributed by atoms with Crippen LogP contribution in [0.2, 0.25) is 5.02 Å². The average Bonchev–Trinajstić information content (AvgIpc) is 3.07. The third kappa shape index (κ3) is 1.78. The molecule has 0 N–H and O–H groups in total. The Hall–Kier alpha value is -1.57.